The summed E-state index contributed by atoms with van der Waals surface area (Å²) >= 11 is 0. The number of nitrogen functional groups attached to an aromatic ring is 1. The molecule has 0 aliphatic heterocycles. The average molecular weight is 255 g/mol. The van der Waals surface area contributed by atoms with Crippen molar-refractivity contribution in [1.82, 2.24) is 19.9 Å². The molecular formula is C10H8F3N5. The maximum Gasteiger partial charge on any atom is 0.451 e. The Morgan fingerprint density at radius 1 is 1.06 bits per heavy atom. The number of rotatable bonds is 1. The Labute approximate surface area is 99.9 Å². The molecule has 0 aliphatic carbocycles. The lowest BCUT2D eigenvalue weighted by Crippen LogP contribution is -2.10. The molecule has 0 aromatic carbocycles. The van der Waals surface area contributed by atoms with Gasteiger partial charge in [-0.1, -0.05) is 0 Å². The van der Waals surface area contributed by atoms with Crippen molar-refractivity contribution >= 4 is 5.82 Å². The van der Waals surface area contributed by atoms with E-state index >= 15 is 0 Å². The van der Waals surface area contributed by atoms with Gasteiger partial charge >= 0.3 is 6.18 Å². The lowest BCUT2D eigenvalue weighted by atomic mass is 10.3. The highest BCUT2D eigenvalue weighted by Gasteiger charge is 2.34. The molecule has 0 unspecified atom stereocenters. The van der Waals surface area contributed by atoms with Crippen molar-refractivity contribution in [1.29, 1.82) is 0 Å². The molecule has 0 aliphatic rings. The monoisotopic (exact) mass is 255 g/mol. The largest absolute Gasteiger partial charge is 0.451 e. The topological polar surface area (TPSA) is 77.6 Å². The van der Waals surface area contributed by atoms with Gasteiger partial charge in [0.05, 0.1) is 5.56 Å². The summed E-state index contributed by atoms with van der Waals surface area (Å²) in [7, 11) is 0. The molecule has 5 nitrogen and oxygen atoms in total. The summed E-state index contributed by atoms with van der Waals surface area (Å²) in [6.45, 7) is 1.72. The summed E-state index contributed by atoms with van der Waals surface area (Å²) in [5.41, 5.74) is 6.54. The van der Waals surface area contributed by atoms with E-state index in [1.807, 2.05) is 0 Å². The van der Waals surface area contributed by atoms with E-state index in [1.54, 1.807) is 6.92 Å². The van der Waals surface area contributed by atoms with E-state index < -0.39 is 12.0 Å². The number of nitrogens with two attached hydrogens (primary N) is 1. The molecule has 0 saturated heterocycles. The second kappa shape index (κ2) is 4.21. The lowest BCUT2D eigenvalue weighted by Gasteiger charge is -2.05. The molecule has 18 heavy (non-hydrogen) atoms. The zero-order valence-electron chi connectivity index (χ0n) is 9.23. The molecule has 2 heterocycles. The minimum Gasteiger partial charge on any atom is -0.383 e. The molecule has 0 fully saturated rings. The van der Waals surface area contributed by atoms with Crippen molar-refractivity contribution in [2.24, 2.45) is 0 Å². The number of halogens is 3. The Bertz CT molecular complexity index is 565. The molecule has 0 amide bonds. The number of nitrogens with zero attached hydrogens (tertiary/aromatic N) is 4. The van der Waals surface area contributed by atoms with Crippen LogP contribution in [0.15, 0.2) is 18.6 Å². The predicted molar refractivity (Wildman–Crippen MR) is 57.2 cm³/mol. The van der Waals surface area contributed by atoms with Crippen molar-refractivity contribution in [2.75, 3.05) is 5.73 Å². The van der Waals surface area contributed by atoms with Crippen LogP contribution in [0.25, 0.3) is 11.4 Å². The van der Waals surface area contributed by atoms with Crippen molar-refractivity contribution in [3.8, 4) is 11.4 Å². The number of hydrogen-bond donors (Lipinski definition) is 1. The molecule has 0 radical (unpaired) electrons. The van der Waals surface area contributed by atoms with Crippen LogP contribution in [-0.4, -0.2) is 19.9 Å². The van der Waals surface area contributed by atoms with E-state index in [9.17, 15) is 13.2 Å². The predicted octanol–water partition coefficient (Wildman–Crippen LogP) is 1.84. The molecule has 2 aromatic heterocycles. The van der Waals surface area contributed by atoms with Crippen LogP contribution < -0.4 is 5.73 Å². The van der Waals surface area contributed by atoms with Gasteiger partial charge in [-0.15, -0.1) is 0 Å². The van der Waals surface area contributed by atoms with Gasteiger partial charge in [0.25, 0.3) is 0 Å². The molecule has 2 aromatic rings. The minimum absolute atomic E-state index is 0.187. The van der Waals surface area contributed by atoms with Crippen molar-refractivity contribution in [3.05, 3.63) is 30.0 Å². The van der Waals surface area contributed by atoms with Gasteiger partial charge in [-0.2, -0.15) is 13.2 Å². The lowest BCUT2D eigenvalue weighted by molar-refractivity contribution is -0.144. The fraction of sp³-hybridized carbons (Fsp3) is 0.200. The Morgan fingerprint density at radius 2 is 1.67 bits per heavy atom. The highest BCUT2D eigenvalue weighted by molar-refractivity contribution is 5.55. The summed E-state index contributed by atoms with van der Waals surface area (Å²) < 4.78 is 36.8. The van der Waals surface area contributed by atoms with Crippen LogP contribution in [0, 0.1) is 6.92 Å². The molecule has 2 N–H and O–H groups in total. The van der Waals surface area contributed by atoms with Crippen molar-refractivity contribution < 1.29 is 13.2 Å². The van der Waals surface area contributed by atoms with Gasteiger partial charge in [-0.25, -0.2) is 19.9 Å². The smallest absolute Gasteiger partial charge is 0.383 e. The Morgan fingerprint density at radius 3 is 2.17 bits per heavy atom. The first-order chi connectivity index (χ1) is 8.38. The fourth-order valence-corrected chi connectivity index (χ4v) is 1.18. The van der Waals surface area contributed by atoms with Crippen molar-refractivity contribution in [2.45, 2.75) is 13.1 Å². The van der Waals surface area contributed by atoms with Crippen LogP contribution >= 0.6 is 0 Å². The van der Waals surface area contributed by atoms with Crippen LogP contribution in [-0.2, 0) is 6.18 Å². The number of hydrogen-bond acceptors (Lipinski definition) is 5. The molecule has 0 saturated carbocycles. The number of anilines is 1. The average Bonchev–Trinajstić information content (AvgIpc) is 2.32. The van der Waals surface area contributed by atoms with Gasteiger partial charge in [0, 0.05) is 24.2 Å². The summed E-state index contributed by atoms with van der Waals surface area (Å²) in [5, 5.41) is 0. The first-order valence-electron chi connectivity index (χ1n) is 4.86. The molecule has 2 rings (SSSR count). The van der Waals surface area contributed by atoms with Gasteiger partial charge in [0.2, 0.25) is 5.82 Å². The van der Waals surface area contributed by atoms with Gasteiger partial charge in [-0.3, -0.25) is 0 Å². The fourth-order valence-electron chi connectivity index (χ4n) is 1.18. The number of aryl methyl sites for hydroxylation is 1. The second-order valence-electron chi connectivity index (χ2n) is 3.55. The SMILES string of the molecule is Cc1cnc(-c2cnc(C(F)(F)F)nc2)nc1N. The highest BCUT2D eigenvalue weighted by atomic mass is 19.4. The zero-order chi connectivity index (χ0) is 13.3. The van der Waals surface area contributed by atoms with E-state index in [2.05, 4.69) is 19.9 Å². The van der Waals surface area contributed by atoms with Gasteiger partial charge in [0.1, 0.15) is 5.82 Å². The quantitative estimate of drug-likeness (QED) is 0.841. The van der Waals surface area contributed by atoms with Crippen molar-refractivity contribution in [3.63, 3.8) is 0 Å². The van der Waals surface area contributed by atoms with E-state index in [0.717, 1.165) is 12.4 Å². The van der Waals surface area contributed by atoms with Crippen LogP contribution in [0.5, 0.6) is 0 Å². The summed E-state index contributed by atoms with van der Waals surface area (Å²) in [6.07, 6.45) is -1.05. The summed E-state index contributed by atoms with van der Waals surface area (Å²) in [4.78, 5) is 14.3. The third-order valence-electron chi connectivity index (χ3n) is 2.17. The van der Waals surface area contributed by atoms with Gasteiger partial charge in [0.15, 0.2) is 5.82 Å². The minimum atomic E-state index is -4.56. The normalized spacial score (nSPS) is 11.6. The number of aromatic nitrogens is 4. The first kappa shape index (κ1) is 12.2. The highest BCUT2D eigenvalue weighted by Crippen LogP contribution is 2.26. The van der Waals surface area contributed by atoms with Gasteiger partial charge < -0.3 is 5.73 Å². The Balaban J connectivity index is 2.37. The maximum absolute atomic E-state index is 12.3. The molecule has 94 valence electrons. The molecule has 0 bridgehead atoms. The Hall–Kier alpha value is -2.25. The molecule has 0 spiro atoms. The third-order valence-corrected chi connectivity index (χ3v) is 2.17. The van der Waals surface area contributed by atoms with Gasteiger partial charge in [-0.05, 0) is 6.92 Å². The Kier molecular flexibility index (Phi) is 2.85. The van der Waals surface area contributed by atoms with E-state index in [4.69, 9.17) is 5.73 Å². The second-order valence-corrected chi connectivity index (χ2v) is 3.55. The van der Waals surface area contributed by atoms with Crippen LogP contribution in [0.4, 0.5) is 19.0 Å². The van der Waals surface area contributed by atoms with Crippen LogP contribution in [0.2, 0.25) is 0 Å². The molecular weight excluding hydrogens is 247 g/mol. The third kappa shape index (κ3) is 2.36. The zero-order valence-corrected chi connectivity index (χ0v) is 9.23. The maximum atomic E-state index is 12.3. The van der Waals surface area contributed by atoms with E-state index in [1.165, 1.54) is 6.20 Å². The van der Waals surface area contributed by atoms with E-state index in [0.29, 0.717) is 5.56 Å². The molecule has 0 atom stereocenters. The summed E-state index contributed by atoms with van der Waals surface area (Å²) in [6, 6.07) is 0. The van der Waals surface area contributed by atoms with E-state index in [-0.39, 0.29) is 17.2 Å². The first-order valence-corrected chi connectivity index (χ1v) is 4.86. The molecule has 8 heteroatoms. The van der Waals surface area contributed by atoms with Crippen LogP contribution in [0.1, 0.15) is 11.4 Å². The standard InChI is InChI=1S/C10H8F3N5/c1-5-2-15-8(18-7(5)14)6-3-16-9(17-4-6)10(11,12)13/h2-4H,1H3,(H2,14,15,18). The van der Waals surface area contributed by atoms with Crippen LogP contribution in [0.3, 0.4) is 0 Å². The summed E-state index contributed by atoms with van der Waals surface area (Å²) in [5.74, 6) is -0.752. The number of alkyl halides is 3.